The van der Waals surface area contributed by atoms with E-state index in [2.05, 4.69) is 11.9 Å². The largest absolute Gasteiger partial charge is 0.493 e. The van der Waals surface area contributed by atoms with Gasteiger partial charge in [-0.1, -0.05) is 6.08 Å². The minimum atomic E-state index is -0.181. The van der Waals surface area contributed by atoms with Crippen molar-refractivity contribution in [1.29, 1.82) is 0 Å². The van der Waals surface area contributed by atoms with Crippen molar-refractivity contribution in [3.05, 3.63) is 52.7 Å². The monoisotopic (exact) mass is 303 g/mol. The van der Waals surface area contributed by atoms with Crippen LogP contribution in [0.15, 0.2) is 41.6 Å². The molecule has 0 saturated heterocycles. The maximum Gasteiger partial charge on any atom is 0.255 e. The first kappa shape index (κ1) is 15.1. The Morgan fingerprint density at radius 1 is 1.38 bits per heavy atom. The van der Waals surface area contributed by atoms with Crippen LogP contribution in [0.3, 0.4) is 0 Å². The van der Waals surface area contributed by atoms with E-state index in [0.717, 1.165) is 11.3 Å². The molecular formula is C16H17NO3S. The molecule has 2 aromatic rings. The fourth-order valence-electron chi connectivity index (χ4n) is 2.02. The normalized spacial score (nSPS) is 10.0. The Morgan fingerprint density at radius 2 is 2.19 bits per heavy atom. The number of ether oxygens (including phenoxy) is 2. The number of thiophene rings is 1. The summed E-state index contributed by atoms with van der Waals surface area (Å²) in [7, 11) is 3.13. The summed E-state index contributed by atoms with van der Waals surface area (Å²) >= 11 is 1.53. The predicted molar refractivity (Wildman–Crippen MR) is 85.7 cm³/mol. The first-order chi connectivity index (χ1) is 10.2. The third-order valence-electron chi connectivity index (χ3n) is 2.96. The Hall–Kier alpha value is -2.27. The highest BCUT2D eigenvalue weighted by Crippen LogP contribution is 2.33. The lowest BCUT2D eigenvalue weighted by atomic mass is 10.0. The zero-order valence-electron chi connectivity index (χ0n) is 12.0. The van der Waals surface area contributed by atoms with E-state index >= 15 is 0 Å². The van der Waals surface area contributed by atoms with Crippen molar-refractivity contribution >= 4 is 22.9 Å². The number of allylic oxidation sites excluding steroid dienone is 1. The van der Waals surface area contributed by atoms with E-state index in [0.29, 0.717) is 23.5 Å². The van der Waals surface area contributed by atoms with E-state index in [-0.39, 0.29) is 5.91 Å². The van der Waals surface area contributed by atoms with Gasteiger partial charge in [-0.25, -0.2) is 0 Å². The molecule has 0 bridgehead atoms. The standard InChI is InChI=1S/C16H17NO3S/c1-4-5-11-8-12(9-14(19-2)15(11)20-3)16(18)17-13-6-7-21-10-13/h4,6-10H,1,5H2,2-3H3,(H,17,18). The Bertz CT molecular complexity index is 635. The van der Waals surface area contributed by atoms with Gasteiger partial charge < -0.3 is 14.8 Å². The van der Waals surface area contributed by atoms with Gasteiger partial charge in [0, 0.05) is 16.5 Å². The van der Waals surface area contributed by atoms with E-state index < -0.39 is 0 Å². The molecule has 4 nitrogen and oxygen atoms in total. The highest BCUT2D eigenvalue weighted by molar-refractivity contribution is 7.08. The molecule has 0 radical (unpaired) electrons. The summed E-state index contributed by atoms with van der Waals surface area (Å²) in [5.74, 6) is 0.983. The minimum Gasteiger partial charge on any atom is -0.493 e. The molecule has 21 heavy (non-hydrogen) atoms. The van der Waals surface area contributed by atoms with Crippen LogP contribution in [0.2, 0.25) is 0 Å². The van der Waals surface area contributed by atoms with Crippen LogP contribution in [0.5, 0.6) is 11.5 Å². The van der Waals surface area contributed by atoms with Crippen molar-refractivity contribution in [3.63, 3.8) is 0 Å². The average molecular weight is 303 g/mol. The smallest absolute Gasteiger partial charge is 0.255 e. The van der Waals surface area contributed by atoms with Crippen molar-refractivity contribution < 1.29 is 14.3 Å². The summed E-state index contributed by atoms with van der Waals surface area (Å²) in [6.45, 7) is 3.73. The van der Waals surface area contributed by atoms with Crippen LogP contribution in [0.25, 0.3) is 0 Å². The molecule has 1 aromatic heterocycles. The number of hydrogen-bond acceptors (Lipinski definition) is 4. The Kier molecular flexibility index (Phi) is 5.00. The van der Waals surface area contributed by atoms with E-state index in [1.165, 1.54) is 11.3 Å². The minimum absolute atomic E-state index is 0.181. The van der Waals surface area contributed by atoms with E-state index in [1.807, 2.05) is 16.8 Å². The van der Waals surface area contributed by atoms with Gasteiger partial charge in [-0.15, -0.1) is 6.58 Å². The summed E-state index contributed by atoms with van der Waals surface area (Å²) in [6.07, 6.45) is 2.36. The number of rotatable bonds is 6. The fraction of sp³-hybridized carbons (Fsp3) is 0.188. The molecule has 0 unspecified atom stereocenters. The molecule has 5 heteroatoms. The number of nitrogens with one attached hydrogen (secondary N) is 1. The molecule has 0 aliphatic carbocycles. The van der Waals surface area contributed by atoms with Crippen molar-refractivity contribution in [3.8, 4) is 11.5 Å². The maximum atomic E-state index is 12.3. The highest BCUT2D eigenvalue weighted by atomic mass is 32.1. The Balaban J connectivity index is 2.36. The summed E-state index contributed by atoms with van der Waals surface area (Å²) in [5, 5.41) is 6.63. The molecule has 1 N–H and O–H groups in total. The quantitative estimate of drug-likeness (QED) is 0.827. The van der Waals surface area contributed by atoms with Crippen LogP contribution in [-0.2, 0) is 6.42 Å². The third kappa shape index (κ3) is 3.44. The van der Waals surface area contributed by atoms with Gasteiger partial charge in [-0.3, -0.25) is 4.79 Å². The highest BCUT2D eigenvalue weighted by Gasteiger charge is 2.15. The van der Waals surface area contributed by atoms with Gasteiger partial charge in [0.2, 0.25) is 0 Å². The number of carbonyl (C=O) groups is 1. The van der Waals surface area contributed by atoms with E-state index in [9.17, 15) is 4.79 Å². The molecule has 0 atom stereocenters. The molecule has 0 spiro atoms. The molecule has 0 aliphatic rings. The van der Waals surface area contributed by atoms with E-state index in [4.69, 9.17) is 9.47 Å². The van der Waals surface area contributed by atoms with E-state index in [1.54, 1.807) is 32.4 Å². The zero-order valence-corrected chi connectivity index (χ0v) is 12.8. The molecule has 110 valence electrons. The topological polar surface area (TPSA) is 47.6 Å². The number of carbonyl (C=O) groups excluding carboxylic acids is 1. The van der Waals surface area contributed by atoms with Gasteiger partial charge in [0.25, 0.3) is 5.91 Å². The average Bonchev–Trinajstić information content (AvgIpc) is 2.99. The van der Waals surface area contributed by atoms with Crippen LogP contribution >= 0.6 is 11.3 Å². The number of methoxy groups -OCH3 is 2. The molecule has 1 heterocycles. The summed E-state index contributed by atoms with van der Waals surface area (Å²) < 4.78 is 10.7. The van der Waals surface area contributed by atoms with Gasteiger partial charge in [0.15, 0.2) is 11.5 Å². The third-order valence-corrected chi connectivity index (χ3v) is 3.64. The Morgan fingerprint density at radius 3 is 2.76 bits per heavy atom. The van der Waals surface area contributed by atoms with Gasteiger partial charge >= 0.3 is 0 Å². The lowest BCUT2D eigenvalue weighted by Gasteiger charge is -2.14. The molecule has 0 aliphatic heterocycles. The summed E-state index contributed by atoms with van der Waals surface area (Å²) in [6, 6.07) is 5.33. The molecule has 0 fully saturated rings. The van der Waals surface area contributed by atoms with Crippen LogP contribution < -0.4 is 14.8 Å². The van der Waals surface area contributed by atoms with Crippen LogP contribution in [0.4, 0.5) is 5.69 Å². The molecule has 2 rings (SSSR count). The van der Waals surface area contributed by atoms with Crippen molar-refractivity contribution in [2.75, 3.05) is 19.5 Å². The molecule has 0 saturated carbocycles. The molecule has 1 aromatic carbocycles. The van der Waals surface area contributed by atoms with Crippen LogP contribution in [-0.4, -0.2) is 20.1 Å². The lowest BCUT2D eigenvalue weighted by molar-refractivity contribution is 0.102. The van der Waals surface area contributed by atoms with Crippen molar-refractivity contribution in [2.24, 2.45) is 0 Å². The fourth-order valence-corrected chi connectivity index (χ4v) is 2.61. The second-order valence-corrected chi connectivity index (χ2v) is 5.11. The first-order valence-electron chi connectivity index (χ1n) is 6.39. The second kappa shape index (κ2) is 6.95. The van der Waals surface area contributed by atoms with Crippen molar-refractivity contribution in [1.82, 2.24) is 0 Å². The number of benzene rings is 1. The van der Waals surface area contributed by atoms with Gasteiger partial charge in [0.05, 0.1) is 19.9 Å². The first-order valence-corrected chi connectivity index (χ1v) is 7.33. The van der Waals surface area contributed by atoms with Crippen LogP contribution in [0.1, 0.15) is 15.9 Å². The Labute approximate surface area is 128 Å². The van der Waals surface area contributed by atoms with Crippen LogP contribution in [0, 0.1) is 0 Å². The predicted octanol–water partition coefficient (Wildman–Crippen LogP) is 3.75. The van der Waals surface area contributed by atoms with Crippen molar-refractivity contribution in [2.45, 2.75) is 6.42 Å². The maximum absolute atomic E-state index is 12.3. The number of amides is 1. The molecule has 1 amide bonds. The number of anilines is 1. The van der Waals surface area contributed by atoms with Gasteiger partial charge in [-0.2, -0.15) is 11.3 Å². The summed E-state index contributed by atoms with van der Waals surface area (Å²) in [4.78, 5) is 12.3. The van der Waals surface area contributed by atoms with Gasteiger partial charge in [-0.05, 0) is 30.0 Å². The lowest BCUT2D eigenvalue weighted by Crippen LogP contribution is -2.12. The zero-order chi connectivity index (χ0) is 15.2. The SMILES string of the molecule is C=CCc1cc(C(=O)Nc2ccsc2)cc(OC)c1OC. The number of hydrogen-bond donors (Lipinski definition) is 1. The van der Waals surface area contributed by atoms with Gasteiger partial charge in [0.1, 0.15) is 0 Å². The molecular weight excluding hydrogens is 286 g/mol. The summed E-state index contributed by atoms with van der Waals surface area (Å²) in [5.41, 5.74) is 2.17. The second-order valence-electron chi connectivity index (χ2n) is 4.33.